The van der Waals surface area contributed by atoms with Gasteiger partial charge in [0.1, 0.15) is 5.82 Å². The van der Waals surface area contributed by atoms with Crippen molar-refractivity contribution in [1.82, 2.24) is 14.9 Å². The maximum atomic E-state index is 12.7. The third kappa shape index (κ3) is 3.78. The van der Waals surface area contributed by atoms with Crippen LogP contribution >= 0.6 is 0 Å². The average Bonchev–Trinajstić information content (AvgIpc) is 3.23. The minimum absolute atomic E-state index is 0.0419. The molecule has 29 heavy (non-hydrogen) atoms. The number of nitrogens with zero attached hydrogens (tertiary/aromatic N) is 4. The van der Waals surface area contributed by atoms with Crippen LogP contribution < -0.4 is 4.90 Å². The van der Waals surface area contributed by atoms with Crippen LogP contribution in [0.1, 0.15) is 11.1 Å². The van der Waals surface area contributed by atoms with Crippen molar-refractivity contribution in [3.8, 4) is 0 Å². The van der Waals surface area contributed by atoms with Gasteiger partial charge in [-0.1, -0.05) is 12.1 Å². The van der Waals surface area contributed by atoms with E-state index in [1.807, 2.05) is 0 Å². The van der Waals surface area contributed by atoms with Crippen molar-refractivity contribution in [2.75, 3.05) is 37.7 Å². The van der Waals surface area contributed by atoms with E-state index in [0.29, 0.717) is 31.7 Å². The highest BCUT2D eigenvalue weighted by molar-refractivity contribution is 5.79. The Morgan fingerprint density at radius 2 is 1.93 bits per heavy atom. The van der Waals surface area contributed by atoms with E-state index in [4.69, 9.17) is 0 Å². The predicted octanol–water partition coefficient (Wildman–Crippen LogP) is 2.00. The van der Waals surface area contributed by atoms with Crippen molar-refractivity contribution in [2.45, 2.75) is 12.6 Å². The number of aliphatic hydroxyl groups excluding tert-OH is 1. The van der Waals surface area contributed by atoms with Gasteiger partial charge < -0.3 is 14.9 Å². The number of anilines is 1. The molecule has 2 saturated heterocycles. The monoisotopic (exact) mass is 406 g/mol. The normalized spacial score (nSPS) is 24.1. The van der Waals surface area contributed by atoms with Crippen LogP contribution in [-0.4, -0.2) is 58.7 Å². The molecule has 1 aromatic carbocycles. The Hall–Kier alpha value is -2.68. The molecular formula is C20H21F3N4O2. The van der Waals surface area contributed by atoms with E-state index in [2.05, 4.69) is 14.9 Å². The number of benzene rings is 1. The Morgan fingerprint density at radius 1 is 1.17 bits per heavy atom. The van der Waals surface area contributed by atoms with E-state index in [0.717, 1.165) is 18.0 Å². The first-order chi connectivity index (χ1) is 13.8. The number of carbonyl (C=O) groups is 1. The Labute approximate surface area is 166 Å². The van der Waals surface area contributed by atoms with Crippen molar-refractivity contribution in [1.29, 1.82) is 0 Å². The van der Waals surface area contributed by atoms with E-state index in [1.165, 1.54) is 12.1 Å². The Balaban J connectivity index is 1.41. The first-order valence-corrected chi connectivity index (χ1v) is 9.36. The van der Waals surface area contributed by atoms with Crippen LogP contribution in [0.4, 0.5) is 19.0 Å². The molecule has 0 unspecified atom stereocenters. The average molecular weight is 406 g/mol. The number of carbonyl (C=O) groups excluding carboxylic acids is 1. The molecule has 6 nitrogen and oxygen atoms in total. The molecule has 0 bridgehead atoms. The minimum atomic E-state index is -4.39. The van der Waals surface area contributed by atoms with Crippen molar-refractivity contribution in [3.63, 3.8) is 0 Å². The summed E-state index contributed by atoms with van der Waals surface area (Å²) < 4.78 is 38.1. The van der Waals surface area contributed by atoms with Crippen molar-refractivity contribution < 1.29 is 23.1 Å². The zero-order valence-corrected chi connectivity index (χ0v) is 15.6. The van der Waals surface area contributed by atoms with Crippen molar-refractivity contribution in [3.05, 3.63) is 54.0 Å². The maximum absolute atomic E-state index is 12.7. The summed E-state index contributed by atoms with van der Waals surface area (Å²) in [5.41, 5.74) is -0.611. The van der Waals surface area contributed by atoms with Crippen LogP contribution in [-0.2, 0) is 17.4 Å². The first-order valence-electron chi connectivity index (χ1n) is 9.36. The number of hydrogen-bond acceptors (Lipinski definition) is 5. The van der Waals surface area contributed by atoms with Crippen molar-refractivity contribution >= 4 is 11.7 Å². The SMILES string of the molecule is O=C(Cc1ccc(C(F)(F)F)cc1)N1C[C@@H]2CN(c3cnccn3)C[C@]2(CO)C1. The molecule has 2 atom stereocenters. The van der Waals surface area contributed by atoms with Crippen LogP contribution in [0.3, 0.4) is 0 Å². The van der Waals surface area contributed by atoms with Crippen LogP contribution in [0.15, 0.2) is 42.9 Å². The van der Waals surface area contributed by atoms with Gasteiger partial charge in [-0.3, -0.25) is 9.78 Å². The van der Waals surface area contributed by atoms with Crippen LogP contribution in [0.2, 0.25) is 0 Å². The summed E-state index contributed by atoms with van der Waals surface area (Å²) in [6, 6.07) is 4.68. The molecule has 4 rings (SSSR count). The topological polar surface area (TPSA) is 69.6 Å². The van der Waals surface area contributed by atoms with Gasteiger partial charge in [-0.15, -0.1) is 0 Å². The molecule has 1 N–H and O–H groups in total. The number of aromatic nitrogens is 2. The number of aliphatic hydroxyl groups is 1. The molecule has 154 valence electrons. The fraction of sp³-hybridized carbons (Fsp3) is 0.450. The summed E-state index contributed by atoms with van der Waals surface area (Å²) in [4.78, 5) is 24.9. The second-order valence-corrected chi connectivity index (χ2v) is 7.81. The molecular weight excluding hydrogens is 385 g/mol. The molecule has 0 spiro atoms. The highest BCUT2D eigenvalue weighted by Crippen LogP contribution is 2.43. The molecule has 1 amide bonds. The molecule has 2 fully saturated rings. The summed E-state index contributed by atoms with van der Waals surface area (Å²) in [5, 5.41) is 10.1. The molecule has 0 radical (unpaired) electrons. The van der Waals surface area contributed by atoms with Gasteiger partial charge in [0.05, 0.1) is 24.8 Å². The molecule has 2 aliphatic heterocycles. The van der Waals surface area contributed by atoms with Gasteiger partial charge in [0, 0.05) is 49.9 Å². The number of rotatable bonds is 4. The van der Waals surface area contributed by atoms with E-state index in [1.54, 1.807) is 23.5 Å². The molecule has 2 aromatic rings. The minimum Gasteiger partial charge on any atom is -0.396 e. The second kappa shape index (κ2) is 7.29. The van der Waals surface area contributed by atoms with Crippen LogP contribution in [0, 0.1) is 11.3 Å². The Kier molecular flexibility index (Phi) is 4.94. The largest absolute Gasteiger partial charge is 0.416 e. The zero-order valence-electron chi connectivity index (χ0n) is 15.6. The quantitative estimate of drug-likeness (QED) is 0.841. The lowest BCUT2D eigenvalue weighted by Crippen LogP contribution is -2.39. The zero-order chi connectivity index (χ0) is 20.6. The molecule has 2 aliphatic rings. The summed E-state index contributed by atoms with van der Waals surface area (Å²) in [5.74, 6) is 0.710. The number of alkyl halides is 3. The van der Waals surface area contributed by atoms with Gasteiger partial charge in [-0.2, -0.15) is 13.2 Å². The van der Waals surface area contributed by atoms with E-state index in [-0.39, 0.29) is 24.9 Å². The molecule has 9 heteroatoms. The number of fused-ring (bicyclic) bond motifs is 1. The van der Waals surface area contributed by atoms with Crippen LogP contribution in [0.5, 0.6) is 0 Å². The smallest absolute Gasteiger partial charge is 0.396 e. The lowest BCUT2D eigenvalue weighted by atomic mass is 9.82. The molecule has 3 heterocycles. The highest BCUT2D eigenvalue weighted by atomic mass is 19.4. The van der Waals surface area contributed by atoms with Gasteiger partial charge in [0.15, 0.2) is 0 Å². The Morgan fingerprint density at radius 3 is 2.52 bits per heavy atom. The summed E-state index contributed by atoms with van der Waals surface area (Å²) in [6.07, 6.45) is 0.552. The highest BCUT2D eigenvalue weighted by Gasteiger charge is 2.53. The molecule has 1 aromatic heterocycles. The number of hydrogen-bond donors (Lipinski definition) is 1. The van der Waals surface area contributed by atoms with Gasteiger partial charge in [0.2, 0.25) is 5.91 Å². The summed E-state index contributed by atoms with van der Waals surface area (Å²) >= 11 is 0. The lowest BCUT2D eigenvalue weighted by Gasteiger charge is -2.27. The summed E-state index contributed by atoms with van der Waals surface area (Å²) in [7, 11) is 0. The Bertz CT molecular complexity index is 876. The summed E-state index contributed by atoms with van der Waals surface area (Å²) in [6.45, 7) is 2.14. The fourth-order valence-electron chi connectivity index (χ4n) is 4.32. The van der Waals surface area contributed by atoms with Gasteiger partial charge in [-0.05, 0) is 17.7 Å². The molecule has 0 saturated carbocycles. The number of amides is 1. The standard InChI is InChI=1S/C20H21F3N4O2/c21-20(22,23)15-3-1-14(2-4-15)7-18(29)27-10-16-9-26(11-19(16,12-27)13-28)17-8-24-5-6-25-17/h1-6,8,16,28H,7,9-13H2/t16-,19+/m0/s1. The van der Waals surface area contributed by atoms with E-state index in [9.17, 15) is 23.1 Å². The third-order valence-electron chi connectivity index (χ3n) is 5.94. The van der Waals surface area contributed by atoms with E-state index < -0.39 is 17.2 Å². The maximum Gasteiger partial charge on any atom is 0.416 e. The van der Waals surface area contributed by atoms with Gasteiger partial charge in [-0.25, -0.2) is 4.98 Å². The number of halogens is 3. The number of likely N-dealkylation sites (tertiary alicyclic amines) is 1. The van der Waals surface area contributed by atoms with E-state index >= 15 is 0 Å². The van der Waals surface area contributed by atoms with Gasteiger partial charge in [0.25, 0.3) is 0 Å². The van der Waals surface area contributed by atoms with Crippen LogP contribution in [0.25, 0.3) is 0 Å². The fourth-order valence-corrected chi connectivity index (χ4v) is 4.32. The second-order valence-electron chi connectivity index (χ2n) is 7.81. The predicted molar refractivity (Wildman–Crippen MR) is 99.0 cm³/mol. The van der Waals surface area contributed by atoms with Crippen molar-refractivity contribution in [2.24, 2.45) is 11.3 Å². The molecule has 0 aliphatic carbocycles. The van der Waals surface area contributed by atoms with Gasteiger partial charge >= 0.3 is 6.18 Å². The lowest BCUT2D eigenvalue weighted by molar-refractivity contribution is -0.137. The first kappa shape index (κ1) is 19.6. The third-order valence-corrected chi connectivity index (χ3v) is 5.94.